The van der Waals surface area contributed by atoms with Crippen molar-refractivity contribution in [2.45, 2.75) is 20.3 Å². The van der Waals surface area contributed by atoms with Crippen LogP contribution in [-0.4, -0.2) is 31.2 Å². The lowest BCUT2D eigenvalue weighted by Crippen LogP contribution is -3.00. The minimum Gasteiger partial charge on any atom is -1.00 e. The van der Waals surface area contributed by atoms with Crippen molar-refractivity contribution < 1.29 is 57.0 Å². The van der Waals surface area contributed by atoms with Gasteiger partial charge in [0.25, 0.3) is 0 Å². The molecular formula is C13H24I2N2. The molecule has 0 saturated carbocycles. The second kappa shape index (κ2) is 9.49. The molecule has 0 spiro atoms. The first-order valence-corrected chi connectivity index (χ1v) is 5.88. The molecule has 0 radical (unpaired) electrons. The van der Waals surface area contributed by atoms with Gasteiger partial charge in [-0.25, -0.2) is 4.57 Å². The Morgan fingerprint density at radius 3 is 2.18 bits per heavy atom. The van der Waals surface area contributed by atoms with Crippen molar-refractivity contribution >= 4 is 0 Å². The molecule has 0 aliphatic carbocycles. The zero-order valence-corrected chi connectivity index (χ0v) is 15.6. The van der Waals surface area contributed by atoms with Crippen LogP contribution in [0.5, 0.6) is 0 Å². The maximum absolute atomic E-state index is 2.34. The summed E-state index contributed by atoms with van der Waals surface area (Å²) in [5, 5.41) is 0. The highest BCUT2D eigenvalue weighted by molar-refractivity contribution is 4.97. The van der Waals surface area contributed by atoms with Crippen LogP contribution >= 0.6 is 0 Å². The summed E-state index contributed by atoms with van der Waals surface area (Å²) >= 11 is 0. The second-order valence-corrected chi connectivity index (χ2v) is 4.53. The van der Waals surface area contributed by atoms with Crippen molar-refractivity contribution in [3.8, 4) is 0 Å². The smallest absolute Gasteiger partial charge is 0.186 e. The van der Waals surface area contributed by atoms with E-state index in [1.807, 2.05) is 0 Å². The summed E-state index contributed by atoms with van der Waals surface area (Å²) in [7, 11) is 4.46. The van der Waals surface area contributed by atoms with Gasteiger partial charge in [0.2, 0.25) is 0 Å². The van der Waals surface area contributed by atoms with E-state index < -0.39 is 0 Å². The monoisotopic (exact) mass is 462 g/mol. The molecule has 0 N–H and O–H groups in total. The third-order valence-electron chi connectivity index (χ3n) is 3.60. The highest BCUT2D eigenvalue weighted by Crippen LogP contribution is 2.03. The van der Waals surface area contributed by atoms with Crippen LogP contribution in [0.25, 0.3) is 0 Å². The van der Waals surface area contributed by atoms with E-state index in [-0.39, 0.29) is 48.0 Å². The number of aryl methyl sites for hydroxylation is 1. The van der Waals surface area contributed by atoms with Gasteiger partial charge in [-0.15, -0.1) is 0 Å². The molecule has 1 aromatic rings. The summed E-state index contributed by atoms with van der Waals surface area (Å²) < 4.78 is 3.38. The lowest BCUT2D eigenvalue weighted by molar-refractivity contribution is -0.906. The number of pyridine rings is 1. The standard InChI is InChI=1S/C13H24N2.2HI/c1-5-15(4,6-2)12-10-13-9-7-8-11-14(13)3;;/h7-9,11H,5-6,10,12H2,1-4H3;2*1H/q+2;;/p-2. The molecule has 0 aliphatic rings. The molecule has 1 heterocycles. The minimum atomic E-state index is 0. The zero-order valence-electron chi connectivity index (χ0n) is 11.3. The molecule has 1 aromatic heterocycles. The highest BCUT2D eigenvalue weighted by atomic mass is 127. The number of likely N-dealkylation sites (N-methyl/N-ethyl adjacent to an activating group) is 1. The van der Waals surface area contributed by atoms with Gasteiger partial charge in [0.1, 0.15) is 7.05 Å². The molecule has 0 atom stereocenters. The first-order chi connectivity index (χ1) is 7.11. The van der Waals surface area contributed by atoms with Crippen molar-refractivity contribution in [1.29, 1.82) is 0 Å². The Morgan fingerprint density at radius 1 is 1.12 bits per heavy atom. The van der Waals surface area contributed by atoms with E-state index in [1.54, 1.807) is 0 Å². The summed E-state index contributed by atoms with van der Waals surface area (Å²) in [4.78, 5) is 0. The Bertz CT molecular complexity index is 312. The number of nitrogens with zero attached hydrogens (tertiary/aromatic N) is 2. The minimum absolute atomic E-state index is 0. The summed E-state index contributed by atoms with van der Waals surface area (Å²) in [6.45, 7) is 8.20. The maximum Gasteiger partial charge on any atom is 0.186 e. The molecule has 4 heteroatoms. The van der Waals surface area contributed by atoms with Crippen LogP contribution in [0.4, 0.5) is 0 Å². The normalized spacial score (nSPS) is 10.4. The molecule has 0 bridgehead atoms. The van der Waals surface area contributed by atoms with E-state index in [0.717, 1.165) is 10.9 Å². The summed E-state index contributed by atoms with van der Waals surface area (Å²) in [6.07, 6.45) is 3.28. The van der Waals surface area contributed by atoms with Gasteiger partial charge in [-0.05, 0) is 13.8 Å². The Balaban J connectivity index is 0. The fourth-order valence-corrected chi connectivity index (χ4v) is 1.74. The van der Waals surface area contributed by atoms with Crippen molar-refractivity contribution in [2.75, 3.05) is 26.7 Å². The van der Waals surface area contributed by atoms with Crippen molar-refractivity contribution in [2.24, 2.45) is 7.05 Å². The van der Waals surface area contributed by atoms with Crippen molar-refractivity contribution in [3.63, 3.8) is 0 Å². The summed E-state index contributed by atoms with van der Waals surface area (Å²) in [5.41, 5.74) is 1.42. The van der Waals surface area contributed by atoms with Gasteiger partial charge in [0.15, 0.2) is 11.9 Å². The lowest BCUT2D eigenvalue weighted by atomic mass is 10.2. The SMILES string of the molecule is CC[N+](C)(CC)CCc1cccc[n+]1C.[I-].[I-]. The number of halogens is 2. The van der Waals surface area contributed by atoms with Gasteiger partial charge >= 0.3 is 0 Å². The van der Waals surface area contributed by atoms with E-state index in [9.17, 15) is 0 Å². The molecule has 0 saturated heterocycles. The van der Waals surface area contributed by atoms with Crippen LogP contribution in [0, 0.1) is 0 Å². The second-order valence-electron chi connectivity index (χ2n) is 4.53. The molecular weight excluding hydrogens is 438 g/mol. The largest absolute Gasteiger partial charge is 1.00 e. The number of hydrogen-bond acceptors (Lipinski definition) is 0. The number of aromatic nitrogens is 1. The van der Waals surface area contributed by atoms with E-state index in [0.29, 0.717) is 0 Å². The average Bonchev–Trinajstić information content (AvgIpc) is 2.28. The number of hydrogen-bond donors (Lipinski definition) is 0. The topological polar surface area (TPSA) is 3.88 Å². The fraction of sp³-hybridized carbons (Fsp3) is 0.615. The van der Waals surface area contributed by atoms with Gasteiger partial charge in [0, 0.05) is 12.1 Å². The van der Waals surface area contributed by atoms with Crippen LogP contribution in [0.2, 0.25) is 0 Å². The molecule has 0 aromatic carbocycles. The quantitative estimate of drug-likeness (QED) is 0.237. The molecule has 17 heavy (non-hydrogen) atoms. The third-order valence-corrected chi connectivity index (χ3v) is 3.60. The first kappa shape index (κ1) is 19.9. The summed E-state index contributed by atoms with van der Waals surface area (Å²) in [5.74, 6) is 0. The van der Waals surface area contributed by atoms with E-state index in [1.165, 1.54) is 25.3 Å². The number of rotatable bonds is 5. The molecule has 0 fully saturated rings. The Morgan fingerprint density at radius 2 is 1.71 bits per heavy atom. The van der Waals surface area contributed by atoms with Crippen molar-refractivity contribution in [3.05, 3.63) is 30.1 Å². The fourth-order valence-electron chi connectivity index (χ4n) is 1.74. The molecule has 0 amide bonds. The molecule has 0 unspecified atom stereocenters. The molecule has 100 valence electrons. The van der Waals surface area contributed by atoms with Gasteiger partial charge in [-0.2, -0.15) is 0 Å². The molecule has 2 nitrogen and oxygen atoms in total. The van der Waals surface area contributed by atoms with Gasteiger partial charge < -0.3 is 52.4 Å². The Kier molecular flexibility index (Phi) is 11.1. The number of quaternary nitrogens is 1. The van der Waals surface area contributed by atoms with Crippen molar-refractivity contribution in [1.82, 2.24) is 0 Å². The Labute approximate surface area is 140 Å². The zero-order chi connectivity index (χ0) is 11.3. The summed E-state index contributed by atoms with van der Waals surface area (Å²) in [6, 6.07) is 6.42. The third kappa shape index (κ3) is 6.33. The lowest BCUT2D eigenvalue weighted by Gasteiger charge is -2.31. The van der Waals surface area contributed by atoms with E-state index in [2.05, 4.69) is 56.9 Å². The highest BCUT2D eigenvalue weighted by Gasteiger charge is 2.18. The van der Waals surface area contributed by atoms with Gasteiger partial charge in [-0.3, -0.25) is 0 Å². The molecule has 1 rings (SSSR count). The van der Waals surface area contributed by atoms with Crippen LogP contribution in [0.3, 0.4) is 0 Å². The van der Waals surface area contributed by atoms with Crippen LogP contribution < -0.4 is 52.5 Å². The predicted octanol–water partition coefficient (Wildman–Crippen LogP) is -4.45. The van der Waals surface area contributed by atoms with Gasteiger partial charge in [-0.1, -0.05) is 6.07 Å². The average molecular weight is 462 g/mol. The predicted molar refractivity (Wildman–Crippen MR) is 63.5 cm³/mol. The molecule has 0 aliphatic heterocycles. The maximum atomic E-state index is 2.34. The van der Waals surface area contributed by atoms with Crippen LogP contribution in [0.15, 0.2) is 24.4 Å². The van der Waals surface area contributed by atoms with Crippen LogP contribution in [-0.2, 0) is 13.5 Å². The van der Waals surface area contributed by atoms with Gasteiger partial charge in [0.05, 0.1) is 33.1 Å². The van der Waals surface area contributed by atoms with E-state index in [4.69, 9.17) is 0 Å². The van der Waals surface area contributed by atoms with E-state index >= 15 is 0 Å². The first-order valence-electron chi connectivity index (χ1n) is 5.88. The van der Waals surface area contributed by atoms with Crippen LogP contribution in [0.1, 0.15) is 19.5 Å². The Hall–Kier alpha value is 0.570.